The predicted molar refractivity (Wildman–Crippen MR) is 76.0 cm³/mol. The molecule has 0 bridgehead atoms. The van der Waals surface area contributed by atoms with Crippen LogP contribution in [0.4, 0.5) is 0 Å². The van der Waals surface area contributed by atoms with E-state index in [9.17, 15) is 9.59 Å². The quantitative estimate of drug-likeness (QED) is 0.768. The number of rotatable bonds is 6. The highest BCUT2D eigenvalue weighted by Gasteiger charge is 2.26. The van der Waals surface area contributed by atoms with Gasteiger partial charge in [-0.25, -0.2) is 4.79 Å². The van der Waals surface area contributed by atoms with E-state index in [0.29, 0.717) is 13.0 Å². The average molecular weight is 329 g/mol. The Morgan fingerprint density at radius 2 is 1.95 bits per heavy atom. The largest absolute Gasteiger partial charge is 0.480 e. The smallest absolute Gasteiger partial charge is 0.330 e. The Morgan fingerprint density at radius 1 is 1.37 bits per heavy atom. The van der Waals surface area contributed by atoms with Crippen molar-refractivity contribution in [2.45, 2.75) is 12.5 Å². The third kappa shape index (κ3) is 4.65. The van der Waals surface area contributed by atoms with Crippen LogP contribution in [0.25, 0.3) is 0 Å². The number of halogens is 1. The molecule has 1 unspecified atom stereocenters. The number of carbonyl (C=O) groups is 2. The van der Waals surface area contributed by atoms with Crippen molar-refractivity contribution in [2.75, 3.05) is 20.6 Å². The maximum atomic E-state index is 11.9. The van der Waals surface area contributed by atoms with Crippen molar-refractivity contribution in [3.63, 3.8) is 0 Å². The molecule has 0 spiro atoms. The highest BCUT2D eigenvalue weighted by molar-refractivity contribution is 9.10. The van der Waals surface area contributed by atoms with Crippen LogP contribution in [0.3, 0.4) is 0 Å². The molecule has 1 rings (SSSR count). The lowest BCUT2D eigenvalue weighted by molar-refractivity contribution is -0.147. The van der Waals surface area contributed by atoms with Gasteiger partial charge in [-0.15, -0.1) is 0 Å². The number of nitrogens with one attached hydrogen (secondary N) is 1. The Bertz CT molecular complexity index is 448. The molecule has 6 heteroatoms. The molecule has 0 aliphatic heterocycles. The van der Waals surface area contributed by atoms with Crippen molar-refractivity contribution in [1.82, 2.24) is 10.2 Å². The predicted octanol–water partition coefficient (Wildman–Crippen LogP) is 1.12. The number of carboxylic acids is 1. The molecule has 0 aromatic heterocycles. The van der Waals surface area contributed by atoms with Gasteiger partial charge in [-0.05, 0) is 31.2 Å². The van der Waals surface area contributed by atoms with Gasteiger partial charge >= 0.3 is 5.97 Å². The van der Waals surface area contributed by atoms with E-state index < -0.39 is 17.9 Å². The second kappa shape index (κ2) is 7.25. The van der Waals surface area contributed by atoms with E-state index in [0.717, 1.165) is 10.0 Å². The van der Waals surface area contributed by atoms with Crippen LogP contribution in [-0.4, -0.2) is 48.6 Å². The van der Waals surface area contributed by atoms with E-state index in [1.807, 2.05) is 24.3 Å². The van der Waals surface area contributed by atoms with Crippen molar-refractivity contribution >= 4 is 27.8 Å². The highest BCUT2D eigenvalue weighted by Crippen LogP contribution is 2.11. The molecule has 0 saturated heterocycles. The number of amides is 1. The van der Waals surface area contributed by atoms with Gasteiger partial charge in [0, 0.05) is 18.1 Å². The lowest BCUT2D eigenvalue weighted by Crippen LogP contribution is -2.48. The van der Waals surface area contributed by atoms with Crippen molar-refractivity contribution < 1.29 is 14.7 Å². The van der Waals surface area contributed by atoms with Gasteiger partial charge in [-0.1, -0.05) is 28.1 Å². The first-order valence-corrected chi connectivity index (χ1v) is 6.64. The van der Waals surface area contributed by atoms with Crippen LogP contribution in [0.5, 0.6) is 0 Å². The van der Waals surface area contributed by atoms with Gasteiger partial charge in [0.1, 0.15) is 0 Å². The number of aliphatic carboxylic acids is 1. The molecule has 2 N–H and O–H groups in total. The Kier molecular flexibility index (Phi) is 5.98. The van der Waals surface area contributed by atoms with Crippen LogP contribution in [0, 0.1) is 0 Å². The number of nitrogens with zero attached hydrogens (tertiary/aromatic N) is 1. The molecule has 0 saturated carbocycles. The topological polar surface area (TPSA) is 69.6 Å². The summed E-state index contributed by atoms with van der Waals surface area (Å²) in [6, 6.07) is 6.62. The van der Waals surface area contributed by atoms with Crippen LogP contribution in [0.2, 0.25) is 0 Å². The third-order valence-corrected chi connectivity index (χ3v) is 3.34. The van der Waals surface area contributed by atoms with Gasteiger partial charge in [0.05, 0.1) is 0 Å². The first kappa shape index (κ1) is 15.7. The summed E-state index contributed by atoms with van der Waals surface area (Å²) in [5.74, 6) is -1.60. The lowest BCUT2D eigenvalue weighted by atomic mass is 10.1. The number of carboxylic acid groups (broad SMARTS) is 1. The second-order valence-electron chi connectivity index (χ2n) is 4.20. The van der Waals surface area contributed by atoms with Gasteiger partial charge < -0.3 is 10.0 Å². The van der Waals surface area contributed by atoms with E-state index in [1.54, 1.807) is 7.05 Å². The molecule has 5 nitrogen and oxygen atoms in total. The number of carbonyl (C=O) groups excluding carboxylic acids is 1. The number of hydrogen-bond donors (Lipinski definition) is 2. The molecule has 0 radical (unpaired) electrons. The van der Waals surface area contributed by atoms with E-state index in [4.69, 9.17) is 5.11 Å². The molecule has 1 aromatic carbocycles. The van der Waals surface area contributed by atoms with E-state index in [1.165, 1.54) is 11.9 Å². The highest BCUT2D eigenvalue weighted by atomic mass is 79.9. The average Bonchev–Trinajstić information content (AvgIpc) is 2.38. The number of hydrogen-bond acceptors (Lipinski definition) is 3. The van der Waals surface area contributed by atoms with Crippen LogP contribution in [0.15, 0.2) is 28.7 Å². The lowest BCUT2D eigenvalue weighted by Gasteiger charge is -2.21. The monoisotopic (exact) mass is 328 g/mol. The minimum atomic E-state index is -1.19. The molecule has 1 amide bonds. The minimum absolute atomic E-state index is 0.438. The third-order valence-electron chi connectivity index (χ3n) is 2.81. The van der Waals surface area contributed by atoms with Gasteiger partial charge in [0.2, 0.25) is 0 Å². The van der Waals surface area contributed by atoms with E-state index in [2.05, 4.69) is 21.2 Å². The fourth-order valence-corrected chi connectivity index (χ4v) is 1.90. The van der Waals surface area contributed by atoms with Crippen molar-refractivity contribution in [2.24, 2.45) is 0 Å². The second-order valence-corrected chi connectivity index (χ2v) is 5.11. The molecule has 0 aliphatic rings. The molecule has 19 heavy (non-hydrogen) atoms. The molecule has 104 valence electrons. The fourth-order valence-electron chi connectivity index (χ4n) is 1.63. The summed E-state index contributed by atoms with van der Waals surface area (Å²) in [7, 11) is 3.06. The van der Waals surface area contributed by atoms with E-state index >= 15 is 0 Å². The summed E-state index contributed by atoms with van der Waals surface area (Å²) in [5.41, 5.74) is 1.10. The first-order chi connectivity index (χ1) is 8.95. The SMILES string of the molecule is CNC(C(=O)O)C(=O)N(C)CCc1ccc(Br)cc1. The summed E-state index contributed by atoms with van der Waals surface area (Å²) in [6.07, 6.45) is 0.686. The van der Waals surface area contributed by atoms with Gasteiger partial charge in [-0.2, -0.15) is 0 Å². The molecular weight excluding hydrogens is 312 g/mol. The Labute approximate surface area is 120 Å². The molecule has 0 aliphatic carbocycles. The van der Waals surface area contributed by atoms with Gasteiger partial charge in [0.25, 0.3) is 5.91 Å². The van der Waals surface area contributed by atoms with Crippen LogP contribution < -0.4 is 5.32 Å². The molecule has 1 atom stereocenters. The first-order valence-electron chi connectivity index (χ1n) is 5.85. The van der Waals surface area contributed by atoms with Crippen LogP contribution in [-0.2, 0) is 16.0 Å². The zero-order chi connectivity index (χ0) is 14.4. The van der Waals surface area contributed by atoms with Crippen LogP contribution in [0.1, 0.15) is 5.56 Å². The maximum Gasteiger partial charge on any atom is 0.330 e. The summed E-state index contributed by atoms with van der Waals surface area (Å²) < 4.78 is 1.00. The Balaban J connectivity index is 2.55. The standard InChI is InChI=1S/C13H17BrN2O3/c1-15-11(13(18)19)12(17)16(2)8-7-9-3-5-10(14)6-4-9/h3-6,11,15H,7-8H2,1-2H3,(H,18,19). The summed E-state index contributed by atoms with van der Waals surface area (Å²) in [6.45, 7) is 0.478. The fraction of sp³-hybridized carbons (Fsp3) is 0.385. The minimum Gasteiger partial charge on any atom is -0.480 e. The maximum absolute atomic E-state index is 11.9. The van der Waals surface area contributed by atoms with Crippen molar-refractivity contribution in [3.05, 3.63) is 34.3 Å². The van der Waals surface area contributed by atoms with E-state index in [-0.39, 0.29) is 0 Å². The van der Waals surface area contributed by atoms with Crippen molar-refractivity contribution in [3.8, 4) is 0 Å². The van der Waals surface area contributed by atoms with Crippen LogP contribution >= 0.6 is 15.9 Å². The summed E-state index contributed by atoms with van der Waals surface area (Å²) in [5, 5.41) is 11.4. The Hall–Kier alpha value is -1.40. The zero-order valence-electron chi connectivity index (χ0n) is 10.9. The molecular formula is C13H17BrN2O3. The number of benzene rings is 1. The molecule has 0 heterocycles. The normalized spacial score (nSPS) is 11.9. The zero-order valence-corrected chi connectivity index (χ0v) is 12.5. The summed E-state index contributed by atoms with van der Waals surface area (Å²) >= 11 is 3.35. The Morgan fingerprint density at radius 3 is 2.42 bits per heavy atom. The molecule has 0 fully saturated rings. The molecule has 1 aromatic rings. The van der Waals surface area contributed by atoms with Gasteiger partial charge in [-0.3, -0.25) is 10.1 Å². The van der Waals surface area contributed by atoms with Crippen molar-refractivity contribution in [1.29, 1.82) is 0 Å². The summed E-state index contributed by atoms with van der Waals surface area (Å²) in [4.78, 5) is 24.2. The number of likely N-dealkylation sites (N-methyl/N-ethyl adjacent to an activating group) is 2. The van der Waals surface area contributed by atoms with Gasteiger partial charge in [0.15, 0.2) is 6.04 Å².